The second-order valence-corrected chi connectivity index (χ2v) is 19.0. The first kappa shape index (κ1) is 75.1. The molecule has 0 heterocycles. The van der Waals surface area contributed by atoms with Crippen LogP contribution in [-0.4, -0.2) is 61.0 Å². The minimum absolute atomic E-state index is 0.0478. The van der Waals surface area contributed by atoms with Crippen LogP contribution in [0.2, 0.25) is 0 Å². The predicted molar refractivity (Wildman–Crippen MR) is 372 cm³/mol. The average molecular weight is 1220 g/mol. The quantitative estimate of drug-likeness (QED) is 0.0539. The minimum Gasteiger partial charge on any atom is -0.497 e. The molecule has 24 nitrogen and oxygen atoms in total. The lowest BCUT2D eigenvalue weighted by Crippen LogP contribution is -2.05. The number of ether oxygens (including phenoxy) is 7. The molecule has 8 aromatic rings. The first-order valence-corrected chi connectivity index (χ1v) is 27.2. The van der Waals surface area contributed by atoms with E-state index in [1.54, 1.807) is 95.2 Å². The molecular weight excluding hydrogens is 1120 g/mol. The second kappa shape index (κ2) is 38.1. The second-order valence-electron chi connectivity index (χ2n) is 19.0. The highest BCUT2D eigenvalue weighted by molar-refractivity contribution is 5.74. The molecule has 0 radical (unpaired) electrons. The van der Waals surface area contributed by atoms with Crippen molar-refractivity contribution in [2.75, 3.05) is 148 Å². The monoisotopic (exact) mass is 1220 g/mol. The number of nitrogen functional groups attached to an aromatic ring is 16. The van der Waals surface area contributed by atoms with E-state index < -0.39 is 0 Å². The normalized spacial score (nSPS) is 9.65. The number of hydrogen-bond acceptors (Lipinski definition) is 24. The molecule has 0 aliphatic carbocycles. The molecule has 0 aromatic heterocycles. The number of benzene rings is 8. The first-order chi connectivity index (χ1) is 41.5. The molecule has 0 amide bonds. The van der Waals surface area contributed by atoms with Gasteiger partial charge in [-0.3, -0.25) is 0 Å². The fourth-order valence-electron chi connectivity index (χ4n) is 7.92. The van der Waals surface area contributed by atoms with Gasteiger partial charge in [-0.15, -0.1) is 0 Å². The molecule has 0 spiro atoms. The number of aliphatic hydroxyl groups excluding tert-OH is 1. The van der Waals surface area contributed by atoms with Gasteiger partial charge in [-0.1, -0.05) is 38.1 Å². The Morgan fingerprint density at radius 1 is 0.352 bits per heavy atom. The van der Waals surface area contributed by atoms with E-state index >= 15 is 0 Å². The molecule has 0 atom stereocenters. The molecule has 0 aliphatic heterocycles. The van der Waals surface area contributed by atoms with Crippen LogP contribution in [0, 0.1) is 27.7 Å². The summed E-state index contributed by atoms with van der Waals surface area (Å²) >= 11 is 0. The van der Waals surface area contributed by atoms with Gasteiger partial charge < -0.3 is 130 Å². The molecule has 24 heteroatoms. The highest BCUT2D eigenvalue weighted by Crippen LogP contribution is 2.37. The van der Waals surface area contributed by atoms with Gasteiger partial charge in [0.25, 0.3) is 0 Å². The Morgan fingerprint density at radius 3 is 1.15 bits per heavy atom. The molecule has 0 bridgehead atoms. The Kier molecular flexibility index (Phi) is 32.6. The van der Waals surface area contributed by atoms with Crippen molar-refractivity contribution >= 4 is 91.0 Å². The number of methoxy groups -OCH3 is 6. The average Bonchev–Trinajstić information content (AvgIpc) is 3.67. The number of hydrogen-bond donors (Lipinski definition) is 17. The Labute approximate surface area is 518 Å². The molecule has 0 fully saturated rings. The highest BCUT2D eigenvalue weighted by Gasteiger charge is 2.10. The number of anilines is 16. The Bertz CT molecular complexity index is 3220. The van der Waals surface area contributed by atoms with Crippen LogP contribution in [0.1, 0.15) is 47.2 Å². The minimum atomic E-state index is -0.0478. The first-order valence-electron chi connectivity index (χ1n) is 27.2. The SMILES string of the molecule is CCc1ccc(N)c(CC)c1N.COc1c(N)cc(C)cc1N.COc1c(N)cccc1N.COc1cc(N)c(OC)c(N)c1.COc1ccc(N)c(OC)c1N.Cc1cc(N)cc(N)c1.Cc1ccc(N)c(C)c1N.Nc1cccc(N)c1OCCO. The van der Waals surface area contributed by atoms with Crippen LogP contribution in [0.5, 0.6) is 40.2 Å². The van der Waals surface area contributed by atoms with Crippen LogP contribution >= 0.6 is 0 Å². The maximum atomic E-state index is 8.50. The molecular formula is C64H96N16O8. The third-order valence-electron chi connectivity index (χ3n) is 12.5. The van der Waals surface area contributed by atoms with E-state index in [9.17, 15) is 0 Å². The number of nitrogens with two attached hydrogens (primary N) is 16. The highest BCUT2D eigenvalue weighted by atomic mass is 16.5. The zero-order chi connectivity index (χ0) is 67.0. The van der Waals surface area contributed by atoms with Crippen molar-refractivity contribution in [1.82, 2.24) is 0 Å². The van der Waals surface area contributed by atoms with E-state index in [-0.39, 0.29) is 13.2 Å². The molecule has 8 rings (SSSR count). The summed E-state index contributed by atoms with van der Waals surface area (Å²) < 4.78 is 34.9. The Hall–Kier alpha value is -10.9. The van der Waals surface area contributed by atoms with Gasteiger partial charge in [0.15, 0.2) is 28.7 Å². The fourth-order valence-corrected chi connectivity index (χ4v) is 7.92. The zero-order valence-corrected chi connectivity index (χ0v) is 52.8. The van der Waals surface area contributed by atoms with Gasteiger partial charge in [0.1, 0.15) is 23.8 Å². The Balaban J connectivity index is 0.000000504. The molecule has 0 aliphatic rings. The van der Waals surface area contributed by atoms with Gasteiger partial charge >= 0.3 is 0 Å². The summed E-state index contributed by atoms with van der Waals surface area (Å²) in [6.45, 7) is 12.1. The van der Waals surface area contributed by atoms with Crippen LogP contribution < -0.4 is 125 Å². The number of para-hydroxylation sites is 2. The smallest absolute Gasteiger partial charge is 0.168 e. The standard InChI is InChI=1S/C10H16N2.3C8H12N2O2.C8H12N2O.C8H12N2.C7H10N2O.C7H10N2/c1-3-7-5-6-9(11)8(4-2)10(7)12;1-11-5-3-6(9)8(12-2)7(10)4-5;1-11-6-4-3-5(9)8(12-2)7(6)10;9-6-2-1-3-7(10)8(6)12-5-4-11;1-5-3-6(9)8(11-2)7(10)4-5;1-5-3-4-7(9)6(2)8(5)10;1-10-7-5(8)3-2-4-6(7)9;1-5-2-6(8)4-7(9)3-5/h5-6H,3-4,11-12H2,1-2H3;2*3-4H,9-10H2,1-2H3;1-3,11H,4-5,9-10H2;3-4H,9-10H2,1-2H3;3-4H,9-10H2,1-2H3;2-4H,8-9H2,1H3;2-4H,8-9H2,1H3. The lowest BCUT2D eigenvalue weighted by atomic mass is 10.0. The van der Waals surface area contributed by atoms with Crippen molar-refractivity contribution in [2.45, 2.75) is 54.4 Å². The lowest BCUT2D eigenvalue weighted by Gasteiger charge is -2.10. The zero-order valence-electron chi connectivity index (χ0n) is 52.8. The number of aliphatic hydroxyl groups is 1. The van der Waals surface area contributed by atoms with Crippen LogP contribution in [0.4, 0.5) is 91.0 Å². The van der Waals surface area contributed by atoms with E-state index in [0.717, 1.165) is 74.8 Å². The summed E-state index contributed by atoms with van der Waals surface area (Å²) in [4.78, 5) is 0. The molecule has 0 unspecified atom stereocenters. The van der Waals surface area contributed by atoms with Crippen molar-refractivity contribution in [3.8, 4) is 40.2 Å². The summed E-state index contributed by atoms with van der Waals surface area (Å²) in [6, 6.07) is 34.0. The van der Waals surface area contributed by atoms with Crippen molar-refractivity contribution in [2.24, 2.45) is 0 Å². The van der Waals surface area contributed by atoms with Crippen LogP contribution in [-0.2, 0) is 12.8 Å². The summed E-state index contributed by atoms with van der Waals surface area (Å²) in [5.74, 6) is 3.74. The summed E-state index contributed by atoms with van der Waals surface area (Å²) in [5.41, 5.74) is 106. The van der Waals surface area contributed by atoms with Crippen LogP contribution in [0.25, 0.3) is 0 Å². The largest absolute Gasteiger partial charge is 0.497 e. The van der Waals surface area contributed by atoms with Crippen molar-refractivity contribution in [3.05, 3.63) is 149 Å². The predicted octanol–water partition coefficient (Wildman–Crippen LogP) is 8.59. The maximum Gasteiger partial charge on any atom is 0.168 e. The number of aryl methyl sites for hydroxylation is 4. The number of rotatable bonds is 11. The lowest BCUT2D eigenvalue weighted by molar-refractivity contribution is 0.203. The molecule has 0 saturated carbocycles. The van der Waals surface area contributed by atoms with Crippen LogP contribution in [0.15, 0.2) is 115 Å². The summed E-state index contributed by atoms with van der Waals surface area (Å²) in [7, 11) is 9.23. The van der Waals surface area contributed by atoms with Crippen LogP contribution in [0.3, 0.4) is 0 Å². The van der Waals surface area contributed by atoms with E-state index in [1.807, 2.05) is 76.2 Å². The van der Waals surface area contributed by atoms with Crippen molar-refractivity contribution in [3.63, 3.8) is 0 Å². The van der Waals surface area contributed by atoms with Crippen molar-refractivity contribution in [1.29, 1.82) is 0 Å². The van der Waals surface area contributed by atoms with E-state index in [0.29, 0.717) is 97.1 Å². The van der Waals surface area contributed by atoms with Gasteiger partial charge in [-0.05, 0) is 153 Å². The molecule has 8 aromatic carbocycles. The van der Waals surface area contributed by atoms with E-state index in [1.165, 1.54) is 19.8 Å². The Morgan fingerprint density at radius 2 is 0.761 bits per heavy atom. The molecule has 33 N–H and O–H groups in total. The topological polar surface area (TPSA) is 501 Å². The van der Waals surface area contributed by atoms with Gasteiger partial charge in [0, 0.05) is 46.3 Å². The van der Waals surface area contributed by atoms with Gasteiger partial charge in [0.2, 0.25) is 0 Å². The summed E-state index contributed by atoms with van der Waals surface area (Å²) in [5, 5.41) is 8.50. The van der Waals surface area contributed by atoms with Gasteiger partial charge in [-0.2, -0.15) is 0 Å². The maximum absolute atomic E-state index is 8.50. The fraction of sp³-hybridized carbons (Fsp3) is 0.250. The van der Waals surface area contributed by atoms with Crippen molar-refractivity contribution < 1.29 is 38.3 Å². The summed E-state index contributed by atoms with van der Waals surface area (Å²) in [6.07, 6.45) is 1.88. The molecule has 0 saturated heterocycles. The van der Waals surface area contributed by atoms with Gasteiger partial charge in [-0.25, -0.2) is 0 Å². The van der Waals surface area contributed by atoms with E-state index in [4.69, 9.17) is 130 Å². The third-order valence-corrected chi connectivity index (χ3v) is 12.5. The third kappa shape index (κ3) is 23.6. The van der Waals surface area contributed by atoms with E-state index in [2.05, 4.69) is 13.8 Å². The van der Waals surface area contributed by atoms with Gasteiger partial charge in [0.05, 0.1) is 100 Å². The molecule has 88 heavy (non-hydrogen) atoms. The molecule has 480 valence electrons.